The molecular weight excluding hydrogens is 240 g/mol. The van der Waals surface area contributed by atoms with Gasteiger partial charge in [-0.2, -0.15) is 0 Å². The molecule has 19 heavy (non-hydrogen) atoms. The molecule has 0 radical (unpaired) electrons. The highest BCUT2D eigenvalue weighted by Crippen LogP contribution is 2.10. The number of aromatic nitrogens is 3. The quantitative estimate of drug-likeness (QED) is 0.748. The second-order valence-electron chi connectivity index (χ2n) is 4.42. The first-order valence-corrected chi connectivity index (χ1v) is 6.07. The summed E-state index contributed by atoms with van der Waals surface area (Å²) < 4.78 is 3.06. The Balaban J connectivity index is 2.35. The fraction of sp³-hybridized carbons (Fsp3) is 0.143. The molecule has 5 heteroatoms. The van der Waals surface area contributed by atoms with Gasteiger partial charge >= 0.3 is 5.69 Å². The molecule has 0 aliphatic rings. The summed E-state index contributed by atoms with van der Waals surface area (Å²) in [6.45, 7) is 2.22. The Kier molecular flexibility index (Phi) is 2.68. The van der Waals surface area contributed by atoms with Crippen LogP contribution in [0.2, 0.25) is 0 Å². The van der Waals surface area contributed by atoms with Crippen LogP contribution in [0.5, 0.6) is 0 Å². The SMILES string of the molecule is Cc1ccc(-n2c(CN)nc3cccn3c2=O)cc1. The molecule has 2 aromatic heterocycles. The van der Waals surface area contributed by atoms with Gasteiger partial charge in [0.15, 0.2) is 0 Å². The van der Waals surface area contributed by atoms with Crippen molar-refractivity contribution in [2.45, 2.75) is 13.5 Å². The van der Waals surface area contributed by atoms with Gasteiger partial charge in [0.25, 0.3) is 0 Å². The van der Waals surface area contributed by atoms with Crippen LogP contribution in [-0.2, 0) is 6.54 Å². The third-order valence-electron chi connectivity index (χ3n) is 3.10. The largest absolute Gasteiger partial charge is 0.339 e. The molecule has 0 aliphatic heterocycles. The molecule has 3 aromatic rings. The van der Waals surface area contributed by atoms with E-state index in [0.717, 1.165) is 11.3 Å². The standard InChI is InChI=1S/C14H14N4O/c1-10-4-6-11(7-5-10)18-13(9-15)16-12-3-2-8-17(12)14(18)19/h2-8H,9,15H2,1H3. The van der Waals surface area contributed by atoms with E-state index in [1.165, 1.54) is 4.40 Å². The maximum absolute atomic E-state index is 12.5. The van der Waals surface area contributed by atoms with Gasteiger partial charge in [-0.3, -0.25) is 4.40 Å². The van der Waals surface area contributed by atoms with Gasteiger partial charge in [0, 0.05) is 6.20 Å². The summed E-state index contributed by atoms with van der Waals surface area (Å²) in [4.78, 5) is 16.9. The summed E-state index contributed by atoms with van der Waals surface area (Å²) in [5.41, 5.74) is 8.10. The molecule has 0 saturated carbocycles. The van der Waals surface area contributed by atoms with E-state index in [-0.39, 0.29) is 12.2 Å². The van der Waals surface area contributed by atoms with Crippen molar-refractivity contribution in [2.24, 2.45) is 5.73 Å². The molecule has 0 aliphatic carbocycles. The lowest BCUT2D eigenvalue weighted by atomic mass is 10.2. The van der Waals surface area contributed by atoms with Crippen LogP contribution < -0.4 is 11.4 Å². The first kappa shape index (κ1) is 11.7. The van der Waals surface area contributed by atoms with E-state index in [1.54, 1.807) is 22.9 Å². The van der Waals surface area contributed by atoms with Crippen molar-refractivity contribution in [3.8, 4) is 5.69 Å². The van der Waals surface area contributed by atoms with Gasteiger partial charge in [0.1, 0.15) is 11.5 Å². The monoisotopic (exact) mass is 254 g/mol. The van der Waals surface area contributed by atoms with Crippen molar-refractivity contribution >= 4 is 5.65 Å². The number of nitrogens with two attached hydrogens (primary N) is 1. The van der Waals surface area contributed by atoms with Crippen molar-refractivity contribution in [3.63, 3.8) is 0 Å². The Morgan fingerprint density at radius 3 is 2.63 bits per heavy atom. The van der Waals surface area contributed by atoms with Gasteiger partial charge in [-0.05, 0) is 31.2 Å². The Morgan fingerprint density at radius 2 is 1.95 bits per heavy atom. The van der Waals surface area contributed by atoms with E-state index >= 15 is 0 Å². The molecular formula is C14H14N4O. The number of aryl methyl sites for hydroxylation is 1. The maximum atomic E-state index is 12.5. The highest BCUT2D eigenvalue weighted by molar-refractivity contribution is 5.41. The zero-order valence-corrected chi connectivity index (χ0v) is 10.6. The Morgan fingerprint density at radius 1 is 1.21 bits per heavy atom. The number of benzene rings is 1. The summed E-state index contributed by atoms with van der Waals surface area (Å²) in [6, 6.07) is 11.3. The lowest BCUT2D eigenvalue weighted by Crippen LogP contribution is -2.30. The molecule has 0 saturated heterocycles. The lowest BCUT2D eigenvalue weighted by molar-refractivity contribution is 0.753. The van der Waals surface area contributed by atoms with Crippen LogP contribution in [0.25, 0.3) is 11.3 Å². The van der Waals surface area contributed by atoms with Gasteiger partial charge in [-0.25, -0.2) is 14.3 Å². The molecule has 96 valence electrons. The fourth-order valence-electron chi connectivity index (χ4n) is 2.12. The van der Waals surface area contributed by atoms with Crippen LogP contribution in [0.1, 0.15) is 11.4 Å². The van der Waals surface area contributed by atoms with Crippen molar-refractivity contribution in [1.29, 1.82) is 0 Å². The summed E-state index contributed by atoms with van der Waals surface area (Å²) >= 11 is 0. The fourth-order valence-corrected chi connectivity index (χ4v) is 2.12. The van der Waals surface area contributed by atoms with Crippen LogP contribution in [0, 0.1) is 6.92 Å². The van der Waals surface area contributed by atoms with Crippen molar-refractivity contribution < 1.29 is 0 Å². The van der Waals surface area contributed by atoms with Crippen LogP contribution in [-0.4, -0.2) is 14.0 Å². The summed E-state index contributed by atoms with van der Waals surface area (Å²) in [6.07, 6.45) is 1.70. The minimum atomic E-state index is -0.153. The average molecular weight is 254 g/mol. The number of hydrogen-bond acceptors (Lipinski definition) is 3. The summed E-state index contributed by atoms with van der Waals surface area (Å²) in [5.74, 6) is 0.556. The lowest BCUT2D eigenvalue weighted by Gasteiger charge is -2.11. The third kappa shape index (κ3) is 1.84. The van der Waals surface area contributed by atoms with E-state index in [0.29, 0.717) is 11.5 Å². The third-order valence-corrected chi connectivity index (χ3v) is 3.10. The molecule has 2 N–H and O–H groups in total. The predicted molar refractivity (Wildman–Crippen MR) is 73.4 cm³/mol. The molecule has 0 fully saturated rings. The molecule has 0 amide bonds. The number of fused-ring (bicyclic) bond motifs is 1. The van der Waals surface area contributed by atoms with Crippen molar-refractivity contribution in [1.82, 2.24) is 14.0 Å². The van der Waals surface area contributed by atoms with Crippen molar-refractivity contribution in [3.05, 3.63) is 64.5 Å². The van der Waals surface area contributed by atoms with E-state index < -0.39 is 0 Å². The van der Waals surface area contributed by atoms with E-state index in [4.69, 9.17) is 5.73 Å². The minimum Gasteiger partial charge on any atom is -0.324 e. The van der Waals surface area contributed by atoms with Crippen LogP contribution in [0.15, 0.2) is 47.4 Å². The first-order valence-electron chi connectivity index (χ1n) is 6.07. The van der Waals surface area contributed by atoms with Crippen molar-refractivity contribution in [2.75, 3.05) is 0 Å². The Bertz CT molecular complexity index is 783. The van der Waals surface area contributed by atoms with Gasteiger partial charge in [0.2, 0.25) is 0 Å². The second-order valence-corrected chi connectivity index (χ2v) is 4.42. The molecule has 0 unspecified atom stereocenters. The normalized spacial score (nSPS) is 11.1. The van der Waals surface area contributed by atoms with Gasteiger partial charge in [-0.1, -0.05) is 17.7 Å². The maximum Gasteiger partial charge on any atom is 0.339 e. The highest BCUT2D eigenvalue weighted by Gasteiger charge is 2.10. The predicted octanol–water partition coefficient (Wildman–Crippen LogP) is 1.25. The Hall–Kier alpha value is -2.40. The molecule has 2 heterocycles. The van der Waals surface area contributed by atoms with Gasteiger partial charge < -0.3 is 5.73 Å². The second kappa shape index (κ2) is 4.37. The van der Waals surface area contributed by atoms with Gasteiger partial charge in [-0.15, -0.1) is 0 Å². The number of nitrogens with zero attached hydrogens (tertiary/aromatic N) is 3. The minimum absolute atomic E-state index is 0.153. The topological polar surface area (TPSA) is 65.3 Å². The molecule has 0 bridgehead atoms. The smallest absolute Gasteiger partial charge is 0.324 e. The van der Waals surface area contributed by atoms with E-state index in [2.05, 4.69) is 4.98 Å². The number of rotatable bonds is 2. The summed E-state index contributed by atoms with van der Waals surface area (Å²) in [5, 5.41) is 0. The van der Waals surface area contributed by atoms with E-state index in [1.807, 2.05) is 31.2 Å². The number of hydrogen-bond donors (Lipinski definition) is 1. The van der Waals surface area contributed by atoms with Crippen LogP contribution >= 0.6 is 0 Å². The zero-order valence-electron chi connectivity index (χ0n) is 10.6. The van der Waals surface area contributed by atoms with E-state index in [9.17, 15) is 4.79 Å². The molecule has 0 atom stereocenters. The van der Waals surface area contributed by atoms with Crippen LogP contribution in [0.4, 0.5) is 0 Å². The zero-order chi connectivity index (χ0) is 13.4. The highest BCUT2D eigenvalue weighted by atomic mass is 16.1. The van der Waals surface area contributed by atoms with Crippen LogP contribution in [0.3, 0.4) is 0 Å². The first-order chi connectivity index (χ1) is 9.20. The molecule has 0 spiro atoms. The summed E-state index contributed by atoms with van der Waals surface area (Å²) in [7, 11) is 0. The molecule has 3 rings (SSSR count). The molecule has 5 nitrogen and oxygen atoms in total. The van der Waals surface area contributed by atoms with Gasteiger partial charge in [0.05, 0.1) is 12.2 Å². The molecule has 1 aromatic carbocycles. The Labute approximate surface area is 109 Å². The average Bonchev–Trinajstić information content (AvgIpc) is 2.88.